The number of methoxy groups -OCH3 is 2. The summed E-state index contributed by atoms with van der Waals surface area (Å²) in [5.41, 5.74) is 8.48. The maximum absolute atomic E-state index is 13.8. The summed E-state index contributed by atoms with van der Waals surface area (Å²) < 4.78 is 9.63. The number of aromatic amines is 2. The van der Waals surface area contributed by atoms with Crippen molar-refractivity contribution < 1.29 is 28.7 Å². The van der Waals surface area contributed by atoms with Gasteiger partial charge in [0.25, 0.3) is 0 Å². The Hall–Kier alpha value is -6.29. The van der Waals surface area contributed by atoms with Crippen LogP contribution < -0.4 is 15.5 Å². The number of nitrogens with zero attached hydrogens (tertiary/aromatic N) is 5. The van der Waals surface area contributed by atoms with Gasteiger partial charge in [-0.2, -0.15) is 11.8 Å². The molecular formula is C54H69N9O6S. The third-order valence-corrected chi connectivity index (χ3v) is 15.2. The van der Waals surface area contributed by atoms with E-state index >= 15 is 0 Å². The molecule has 3 fully saturated rings. The quantitative estimate of drug-likeness (QED) is 0.0888. The number of hydrogen-bond donors (Lipinski definition) is 4. The zero-order valence-electron chi connectivity index (χ0n) is 42.0. The Morgan fingerprint density at radius 3 is 1.41 bits per heavy atom. The van der Waals surface area contributed by atoms with Crippen LogP contribution in [0, 0.1) is 11.8 Å². The van der Waals surface area contributed by atoms with Crippen molar-refractivity contribution in [2.75, 3.05) is 43.7 Å². The number of thioether (sulfide) groups is 1. The summed E-state index contributed by atoms with van der Waals surface area (Å²) in [6, 6.07) is 24.9. The highest BCUT2D eigenvalue weighted by atomic mass is 32.2. The molecule has 15 nitrogen and oxygen atoms in total. The Labute approximate surface area is 416 Å². The molecular weight excluding hydrogens is 903 g/mol. The fourth-order valence-electron chi connectivity index (χ4n) is 10.1. The van der Waals surface area contributed by atoms with Gasteiger partial charge in [0.15, 0.2) is 0 Å². The highest BCUT2D eigenvalue weighted by Gasteiger charge is 2.40. The van der Waals surface area contributed by atoms with Gasteiger partial charge in [0.2, 0.25) is 11.8 Å². The van der Waals surface area contributed by atoms with Crippen molar-refractivity contribution in [2.45, 2.75) is 116 Å². The van der Waals surface area contributed by atoms with Crippen LogP contribution >= 0.6 is 11.8 Å². The first-order valence-corrected chi connectivity index (χ1v) is 25.8. The number of hydrogen-bond acceptors (Lipinski definition) is 10. The lowest BCUT2D eigenvalue weighted by Gasteiger charge is -2.44. The minimum absolute atomic E-state index is 0.0204. The van der Waals surface area contributed by atoms with Crippen molar-refractivity contribution in [3.8, 4) is 22.5 Å². The van der Waals surface area contributed by atoms with E-state index < -0.39 is 24.3 Å². The Morgan fingerprint density at radius 2 is 1.04 bits per heavy atom. The number of rotatable bonds is 13. The van der Waals surface area contributed by atoms with Crippen LogP contribution in [-0.2, 0) is 24.5 Å². The molecule has 0 spiro atoms. The molecule has 16 heteroatoms. The second-order valence-electron chi connectivity index (χ2n) is 20.5. The molecule has 0 aliphatic carbocycles. The summed E-state index contributed by atoms with van der Waals surface area (Å²) in [5, 5.41) is 5.46. The van der Waals surface area contributed by atoms with Gasteiger partial charge in [0.05, 0.1) is 49.8 Å². The predicted octanol–water partition coefficient (Wildman–Crippen LogP) is 9.89. The van der Waals surface area contributed by atoms with Gasteiger partial charge in [-0.05, 0) is 71.8 Å². The third kappa shape index (κ3) is 10.7. The van der Waals surface area contributed by atoms with Crippen LogP contribution in [0.4, 0.5) is 15.3 Å². The Balaban J connectivity index is 1.02. The predicted molar refractivity (Wildman–Crippen MR) is 274 cm³/mol. The molecule has 3 saturated heterocycles. The van der Waals surface area contributed by atoms with Crippen LogP contribution in [0.15, 0.2) is 85.2 Å². The molecule has 5 heterocycles. The molecule has 8 rings (SSSR count). The van der Waals surface area contributed by atoms with Crippen molar-refractivity contribution >= 4 is 41.5 Å². The normalized spacial score (nSPS) is 20.4. The van der Waals surface area contributed by atoms with Crippen LogP contribution in [-0.4, -0.2) is 105 Å². The number of carbonyl (C=O) groups excluding carboxylic acids is 4. The SMILES string of the molecule is COC(=O)N[C@H](C(=O)N1CCC[C@H]1c1nc(-c2ccc([C@H]3CSC[C@@H](c4ccc(-c5c[nH]c([C@@H]6CCCN6C(=O)[C@@H](NC(=O)OC)C(C)C)n5)cc4)N3c3ccc(C(C)(C)C)cc3)cc2)c[nH]1)C(C)C. The van der Waals surface area contributed by atoms with E-state index in [1.807, 2.05) is 61.7 Å². The molecule has 5 aromatic rings. The lowest BCUT2D eigenvalue weighted by molar-refractivity contribution is -0.136. The molecule has 3 aliphatic heterocycles. The molecule has 0 saturated carbocycles. The molecule has 0 bridgehead atoms. The van der Waals surface area contributed by atoms with Crippen molar-refractivity contribution in [3.63, 3.8) is 0 Å². The molecule has 0 unspecified atom stereocenters. The van der Waals surface area contributed by atoms with Crippen molar-refractivity contribution in [3.05, 3.63) is 114 Å². The Kier molecular flexibility index (Phi) is 15.3. The number of aromatic nitrogens is 4. The molecule has 6 atom stereocenters. The number of anilines is 1. The first-order chi connectivity index (χ1) is 33.6. The fraction of sp³-hybridized carbons (Fsp3) is 0.481. The summed E-state index contributed by atoms with van der Waals surface area (Å²) in [7, 11) is 2.60. The summed E-state index contributed by atoms with van der Waals surface area (Å²) in [5.74, 6) is 2.81. The summed E-state index contributed by atoms with van der Waals surface area (Å²) >= 11 is 1.96. The molecule has 4 amide bonds. The number of nitrogens with one attached hydrogen (secondary N) is 4. The fourth-order valence-corrected chi connectivity index (χ4v) is 11.4. The van der Waals surface area contributed by atoms with Crippen LogP contribution in [0.25, 0.3) is 22.5 Å². The Bertz CT molecular complexity index is 2450. The first-order valence-electron chi connectivity index (χ1n) is 24.6. The number of ether oxygens (including phenoxy) is 2. The molecule has 3 aliphatic rings. The van der Waals surface area contributed by atoms with Crippen LogP contribution in [0.3, 0.4) is 0 Å². The molecule has 70 heavy (non-hydrogen) atoms. The molecule has 3 aromatic carbocycles. The molecule has 372 valence electrons. The molecule has 2 aromatic heterocycles. The highest BCUT2D eigenvalue weighted by molar-refractivity contribution is 7.99. The van der Waals surface area contributed by atoms with Crippen molar-refractivity contribution in [1.82, 2.24) is 40.4 Å². The van der Waals surface area contributed by atoms with Gasteiger partial charge in [-0.3, -0.25) is 9.59 Å². The van der Waals surface area contributed by atoms with Gasteiger partial charge < -0.3 is 44.8 Å². The van der Waals surface area contributed by atoms with Crippen molar-refractivity contribution in [1.29, 1.82) is 0 Å². The maximum Gasteiger partial charge on any atom is 0.407 e. The van der Waals surface area contributed by atoms with E-state index in [9.17, 15) is 19.2 Å². The lowest BCUT2D eigenvalue weighted by atomic mass is 9.87. The second-order valence-corrected chi connectivity index (χ2v) is 21.5. The van der Waals surface area contributed by atoms with E-state index in [1.165, 1.54) is 36.6 Å². The Morgan fingerprint density at radius 1 is 0.629 bits per heavy atom. The maximum atomic E-state index is 13.8. The van der Waals surface area contributed by atoms with E-state index in [0.717, 1.165) is 71.4 Å². The third-order valence-electron chi connectivity index (χ3n) is 14.1. The number of amides is 4. The van der Waals surface area contributed by atoms with Crippen LogP contribution in [0.5, 0.6) is 0 Å². The zero-order chi connectivity index (χ0) is 49.9. The van der Waals surface area contributed by atoms with Crippen molar-refractivity contribution in [2.24, 2.45) is 11.8 Å². The number of carbonyl (C=O) groups is 4. The average molecular weight is 972 g/mol. The highest BCUT2D eigenvalue weighted by Crippen LogP contribution is 2.45. The lowest BCUT2D eigenvalue weighted by Crippen LogP contribution is -2.51. The topological polar surface area (TPSA) is 178 Å². The van der Waals surface area contributed by atoms with Gasteiger partial charge in [-0.15, -0.1) is 0 Å². The van der Waals surface area contributed by atoms with E-state index in [4.69, 9.17) is 19.4 Å². The van der Waals surface area contributed by atoms with Crippen LogP contribution in [0.2, 0.25) is 0 Å². The first kappa shape index (κ1) is 50.1. The largest absolute Gasteiger partial charge is 0.453 e. The number of benzene rings is 3. The number of H-pyrrole nitrogens is 2. The van der Waals surface area contributed by atoms with Gasteiger partial charge in [-0.1, -0.05) is 109 Å². The van der Waals surface area contributed by atoms with Gasteiger partial charge in [-0.25, -0.2) is 19.6 Å². The standard InChI is InChI=1S/C54H69N9O6S/c1-32(2)46(59-52(66)68-8)50(64)61-26-10-12-42(61)48-55-28-40(57-48)34-14-18-36(19-15-34)44-30-70-31-45(63(44)39-24-22-38(23-25-39)54(5,6)7)37-20-16-35(17-21-37)41-29-56-49(58-41)43-13-11-27-62(43)51(65)47(33(3)4)60-53(67)69-9/h14-25,28-29,32-33,42-47H,10-13,26-27,30-31H2,1-9H3,(H,55,57)(H,56,58)(H,59,66)(H,60,67)/t42-,43-,44-,45+,46-,47-/m0/s1. The summed E-state index contributed by atoms with van der Waals surface area (Å²) in [6.07, 6.45) is 5.84. The van der Waals surface area contributed by atoms with E-state index in [0.29, 0.717) is 13.1 Å². The van der Waals surface area contributed by atoms with Gasteiger partial charge in [0.1, 0.15) is 23.7 Å². The minimum atomic E-state index is -0.697. The molecule has 4 N–H and O–H groups in total. The van der Waals surface area contributed by atoms with E-state index in [1.54, 1.807) is 0 Å². The number of alkyl carbamates (subject to hydrolysis) is 2. The van der Waals surface area contributed by atoms with E-state index in [-0.39, 0.29) is 53.2 Å². The minimum Gasteiger partial charge on any atom is -0.453 e. The van der Waals surface area contributed by atoms with E-state index in [2.05, 4.69) is 119 Å². The monoisotopic (exact) mass is 972 g/mol. The molecule has 0 radical (unpaired) electrons. The van der Waals surface area contributed by atoms with Crippen LogP contribution in [0.1, 0.15) is 127 Å². The average Bonchev–Trinajstić information content (AvgIpc) is 4.22. The smallest absolute Gasteiger partial charge is 0.407 e. The zero-order valence-corrected chi connectivity index (χ0v) is 42.8. The summed E-state index contributed by atoms with van der Waals surface area (Å²) in [6.45, 7) is 15.6. The van der Waals surface area contributed by atoms with Gasteiger partial charge >= 0.3 is 12.2 Å². The number of imidazole rings is 2. The van der Waals surface area contributed by atoms with Gasteiger partial charge in [0, 0.05) is 53.8 Å². The second kappa shape index (κ2) is 21.4. The summed E-state index contributed by atoms with van der Waals surface area (Å²) in [4.78, 5) is 74.8. The number of likely N-dealkylation sites (tertiary alicyclic amines) is 2.